The molecule has 1 rings (SSSR count). The average Bonchev–Trinajstić information content (AvgIpc) is 2.31. The number of nitro benzene ring substituents is 1. The predicted molar refractivity (Wildman–Crippen MR) is 68.2 cm³/mol. The van der Waals surface area contributed by atoms with Crippen LogP contribution in [-0.4, -0.2) is 18.0 Å². The minimum Gasteiger partial charge on any atom is -0.469 e. The number of hydrogen-bond acceptors (Lipinski definition) is 4. The fourth-order valence-electron chi connectivity index (χ4n) is 1.60. The summed E-state index contributed by atoms with van der Waals surface area (Å²) in [5.74, 6) is -0.342. The van der Waals surface area contributed by atoms with Crippen LogP contribution in [0.1, 0.15) is 23.1 Å². The summed E-state index contributed by atoms with van der Waals surface area (Å²) >= 11 is 0. The third kappa shape index (κ3) is 3.41. The van der Waals surface area contributed by atoms with Gasteiger partial charge in [0.25, 0.3) is 5.69 Å². The number of rotatable bonds is 4. The van der Waals surface area contributed by atoms with Crippen LogP contribution in [0.2, 0.25) is 0 Å². The maximum absolute atomic E-state index is 10.9. The number of nitro groups is 1. The van der Waals surface area contributed by atoms with Crippen LogP contribution in [0.15, 0.2) is 18.2 Å². The average molecular weight is 249 g/mol. The minimum absolute atomic E-state index is 0.0818. The number of carbonyl (C=O) groups excluding carboxylic acids is 1. The van der Waals surface area contributed by atoms with Gasteiger partial charge in [0.15, 0.2) is 0 Å². The second kappa shape index (κ2) is 5.95. The van der Waals surface area contributed by atoms with Crippen LogP contribution in [0.25, 0.3) is 6.08 Å². The molecule has 96 valence electrons. The van der Waals surface area contributed by atoms with Crippen LogP contribution in [0.3, 0.4) is 0 Å². The van der Waals surface area contributed by atoms with Gasteiger partial charge in [0.1, 0.15) is 0 Å². The highest BCUT2D eigenvalue weighted by Gasteiger charge is 2.12. The van der Waals surface area contributed by atoms with Gasteiger partial charge in [-0.05, 0) is 31.0 Å². The van der Waals surface area contributed by atoms with Crippen molar-refractivity contribution in [1.29, 1.82) is 0 Å². The van der Waals surface area contributed by atoms with E-state index in [0.29, 0.717) is 5.56 Å². The first-order chi connectivity index (χ1) is 8.45. The van der Waals surface area contributed by atoms with Gasteiger partial charge in [-0.3, -0.25) is 14.9 Å². The van der Waals surface area contributed by atoms with E-state index in [1.54, 1.807) is 25.1 Å². The van der Waals surface area contributed by atoms with Gasteiger partial charge >= 0.3 is 5.97 Å². The highest BCUT2D eigenvalue weighted by molar-refractivity contribution is 5.73. The highest BCUT2D eigenvalue weighted by atomic mass is 16.6. The number of ether oxygens (including phenoxy) is 1. The third-order valence-corrected chi connectivity index (χ3v) is 2.59. The first-order valence-corrected chi connectivity index (χ1v) is 5.44. The second-order valence-corrected chi connectivity index (χ2v) is 3.94. The molecule has 0 atom stereocenters. The molecule has 0 aliphatic heterocycles. The van der Waals surface area contributed by atoms with E-state index in [9.17, 15) is 14.9 Å². The molecule has 0 aromatic heterocycles. The molecular weight excluding hydrogens is 234 g/mol. The molecule has 0 radical (unpaired) electrons. The van der Waals surface area contributed by atoms with E-state index >= 15 is 0 Å². The summed E-state index contributed by atoms with van der Waals surface area (Å²) in [5, 5.41) is 10.8. The summed E-state index contributed by atoms with van der Waals surface area (Å²) in [6.07, 6.45) is 3.48. The van der Waals surface area contributed by atoms with Gasteiger partial charge in [-0.25, -0.2) is 0 Å². The Morgan fingerprint density at radius 3 is 2.61 bits per heavy atom. The molecule has 5 heteroatoms. The van der Waals surface area contributed by atoms with E-state index in [1.807, 2.05) is 6.92 Å². The Hall–Kier alpha value is -2.17. The molecule has 1 aromatic rings. The molecule has 0 saturated heterocycles. The minimum atomic E-state index is -0.410. The van der Waals surface area contributed by atoms with E-state index in [1.165, 1.54) is 13.2 Å². The number of nitrogens with zero attached hydrogens (tertiary/aromatic N) is 1. The Bertz CT molecular complexity index is 506. The molecule has 0 spiro atoms. The largest absolute Gasteiger partial charge is 0.469 e. The zero-order valence-corrected chi connectivity index (χ0v) is 10.6. The van der Waals surface area contributed by atoms with Crippen molar-refractivity contribution in [3.8, 4) is 0 Å². The van der Waals surface area contributed by atoms with Gasteiger partial charge in [-0.1, -0.05) is 12.2 Å². The molecule has 18 heavy (non-hydrogen) atoms. The molecule has 0 aliphatic rings. The summed E-state index contributed by atoms with van der Waals surface area (Å²) in [4.78, 5) is 21.3. The number of carbonyl (C=O) groups is 1. The van der Waals surface area contributed by atoms with E-state index < -0.39 is 4.92 Å². The first-order valence-electron chi connectivity index (χ1n) is 5.44. The Labute approximate surface area is 105 Å². The summed E-state index contributed by atoms with van der Waals surface area (Å²) in [7, 11) is 1.32. The van der Waals surface area contributed by atoms with Crippen molar-refractivity contribution in [3.05, 3.63) is 45.0 Å². The molecule has 5 nitrogen and oxygen atoms in total. The van der Waals surface area contributed by atoms with Gasteiger partial charge < -0.3 is 4.74 Å². The van der Waals surface area contributed by atoms with Crippen LogP contribution in [-0.2, 0) is 9.53 Å². The Morgan fingerprint density at radius 2 is 2.06 bits per heavy atom. The van der Waals surface area contributed by atoms with Gasteiger partial charge in [0.05, 0.1) is 18.5 Å². The molecular formula is C13H15NO4. The Balaban J connectivity index is 2.99. The Kier molecular flexibility index (Phi) is 4.59. The predicted octanol–water partition coefficient (Wildman–Crippen LogP) is 2.79. The lowest BCUT2D eigenvalue weighted by Gasteiger charge is -2.03. The quantitative estimate of drug-likeness (QED) is 0.467. The van der Waals surface area contributed by atoms with Crippen molar-refractivity contribution >= 4 is 17.7 Å². The molecule has 0 N–H and O–H groups in total. The molecule has 0 saturated carbocycles. The van der Waals surface area contributed by atoms with Crippen molar-refractivity contribution in [3.63, 3.8) is 0 Å². The highest BCUT2D eigenvalue weighted by Crippen LogP contribution is 2.23. The van der Waals surface area contributed by atoms with Crippen molar-refractivity contribution in [2.75, 3.05) is 7.11 Å². The molecule has 0 heterocycles. The lowest BCUT2D eigenvalue weighted by Crippen LogP contribution is -1.97. The zero-order valence-electron chi connectivity index (χ0n) is 10.6. The topological polar surface area (TPSA) is 69.4 Å². The lowest BCUT2D eigenvalue weighted by molar-refractivity contribution is -0.385. The van der Waals surface area contributed by atoms with Crippen LogP contribution in [0.5, 0.6) is 0 Å². The standard InChI is InChI=1S/C13H15NO4/c1-9-7-10(2)12(14(16)17)8-11(9)5-4-6-13(15)18-3/h4-5,7-8H,6H2,1-3H3. The molecule has 0 aliphatic carbocycles. The fourth-order valence-corrected chi connectivity index (χ4v) is 1.60. The summed E-state index contributed by atoms with van der Waals surface area (Å²) < 4.78 is 4.50. The van der Waals surface area contributed by atoms with Crippen LogP contribution in [0, 0.1) is 24.0 Å². The Morgan fingerprint density at radius 1 is 1.39 bits per heavy atom. The fraction of sp³-hybridized carbons (Fsp3) is 0.308. The molecule has 0 unspecified atom stereocenters. The van der Waals surface area contributed by atoms with Gasteiger partial charge in [0, 0.05) is 11.6 Å². The summed E-state index contributed by atoms with van der Waals surface area (Å²) in [6.45, 7) is 3.57. The first kappa shape index (κ1) is 13.9. The number of esters is 1. The van der Waals surface area contributed by atoms with Gasteiger partial charge in [-0.2, -0.15) is 0 Å². The maximum Gasteiger partial charge on any atom is 0.309 e. The molecule has 0 fully saturated rings. The smallest absolute Gasteiger partial charge is 0.309 e. The number of aryl methyl sites for hydroxylation is 2. The van der Waals surface area contributed by atoms with E-state index in [2.05, 4.69) is 4.74 Å². The van der Waals surface area contributed by atoms with Crippen molar-refractivity contribution in [2.45, 2.75) is 20.3 Å². The lowest BCUT2D eigenvalue weighted by atomic mass is 10.0. The van der Waals surface area contributed by atoms with E-state index in [0.717, 1.165) is 11.1 Å². The maximum atomic E-state index is 10.9. The van der Waals surface area contributed by atoms with Crippen molar-refractivity contribution in [1.82, 2.24) is 0 Å². The second-order valence-electron chi connectivity index (χ2n) is 3.94. The SMILES string of the molecule is COC(=O)CC=Cc1cc([N+](=O)[O-])c(C)cc1C. The third-order valence-electron chi connectivity index (χ3n) is 2.59. The normalized spacial score (nSPS) is 10.6. The summed E-state index contributed by atoms with van der Waals surface area (Å²) in [6, 6.07) is 3.27. The van der Waals surface area contributed by atoms with Gasteiger partial charge in [-0.15, -0.1) is 0 Å². The number of hydrogen-bond donors (Lipinski definition) is 0. The van der Waals surface area contributed by atoms with Gasteiger partial charge in [0.2, 0.25) is 0 Å². The molecule has 0 bridgehead atoms. The van der Waals surface area contributed by atoms with Crippen LogP contribution in [0.4, 0.5) is 5.69 Å². The number of benzene rings is 1. The van der Waals surface area contributed by atoms with E-state index in [4.69, 9.17) is 0 Å². The van der Waals surface area contributed by atoms with Crippen LogP contribution >= 0.6 is 0 Å². The zero-order chi connectivity index (χ0) is 13.7. The van der Waals surface area contributed by atoms with Crippen LogP contribution < -0.4 is 0 Å². The van der Waals surface area contributed by atoms with Crippen molar-refractivity contribution < 1.29 is 14.5 Å². The molecule has 0 amide bonds. The molecule has 1 aromatic carbocycles. The monoisotopic (exact) mass is 249 g/mol. The van der Waals surface area contributed by atoms with E-state index in [-0.39, 0.29) is 18.1 Å². The number of methoxy groups -OCH3 is 1. The van der Waals surface area contributed by atoms with Crippen molar-refractivity contribution in [2.24, 2.45) is 0 Å². The summed E-state index contributed by atoms with van der Waals surface area (Å²) in [5.41, 5.74) is 2.37.